The number of anilines is 1. The smallest absolute Gasteiger partial charge is 0.138 e. The quantitative estimate of drug-likeness (QED) is 0.358. The Labute approximate surface area is 104 Å². The molecule has 2 aliphatic heterocycles. The Bertz CT molecular complexity index is 465. The van der Waals surface area contributed by atoms with Crippen LogP contribution >= 0.6 is 11.6 Å². The van der Waals surface area contributed by atoms with Gasteiger partial charge in [-0.25, -0.2) is 4.98 Å². The summed E-state index contributed by atoms with van der Waals surface area (Å²) >= 11 is 5.92. The highest BCUT2D eigenvalue weighted by atomic mass is 35.5. The fraction of sp³-hybridized carbons (Fsp3) is 0.455. The minimum atomic E-state index is 0.356. The molecule has 0 unspecified atom stereocenters. The number of nitrogens with one attached hydrogen (secondary N) is 1. The second kappa shape index (κ2) is 4.16. The van der Waals surface area contributed by atoms with Crippen LogP contribution in [0, 0.1) is 0 Å². The normalized spacial score (nSPS) is 27.2. The molecule has 0 saturated carbocycles. The summed E-state index contributed by atoms with van der Waals surface area (Å²) in [5.74, 6) is 0. The van der Waals surface area contributed by atoms with Gasteiger partial charge in [0.15, 0.2) is 0 Å². The summed E-state index contributed by atoms with van der Waals surface area (Å²) in [6.07, 6.45) is 4.27. The fourth-order valence-electron chi connectivity index (χ4n) is 2.64. The van der Waals surface area contributed by atoms with Crippen LogP contribution in [-0.2, 0) is 0 Å². The average Bonchev–Trinajstić information content (AvgIpc) is 2.94. The molecule has 1 aromatic heterocycles. The minimum absolute atomic E-state index is 0.356. The molecule has 2 aliphatic rings. The summed E-state index contributed by atoms with van der Waals surface area (Å²) in [6.45, 7) is 2.03. The molecule has 2 atom stereocenters. The lowest BCUT2D eigenvalue weighted by Gasteiger charge is -2.29. The van der Waals surface area contributed by atoms with Gasteiger partial charge in [0.05, 0.1) is 18.1 Å². The van der Waals surface area contributed by atoms with E-state index in [4.69, 9.17) is 16.8 Å². The maximum Gasteiger partial charge on any atom is 0.138 e. The number of piperazine rings is 1. The topological polar surface area (TPSA) is 60.8 Å². The van der Waals surface area contributed by atoms with Crippen LogP contribution in [0.15, 0.2) is 17.4 Å². The summed E-state index contributed by atoms with van der Waals surface area (Å²) < 4.78 is 0. The van der Waals surface area contributed by atoms with Crippen LogP contribution in [0.2, 0.25) is 5.15 Å². The molecule has 0 amide bonds. The van der Waals surface area contributed by atoms with Gasteiger partial charge in [-0.3, -0.25) is 0 Å². The Hall–Kier alpha value is -1.33. The van der Waals surface area contributed by atoms with Crippen molar-refractivity contribution in [2.24, 2.45) is 5.16 Å². The molecule has 3 rings (SSSR count). The van der Waals surface area contributed by atoms with Crippen LogP contribution in [0.3, 0.4) is 0 Å². The zero-order valence-electron chi connectivity index (χ0n) is 9.17. The SMILES string of the molecule is ON=Cc1cc(N2C[C@@H]3C[C@H]2CN3)cnc1Cl. The van der Waals surface area contributed by atoms with Gasteiger partial charge in [0.2, 0.25) is 0 Å². The van der Waals surface area contributed by atoms with Crippen LogP contribution in [0.4, 0.5) is 5.69 Å². The molecule has 17 heavy (non-hydrogen) atoms. The molecule has 0 radical (unpaired) electrons. The molecule has 2 saturated heterocycles. The Morgan fingerprint density at radius 1 is 1.65 bits per heavy atom. The van der Waals surface area contributed by atoms with Crippen molar-refractivity contribution < 1.29 is 5.21 Å². The van der Waals surface area contributed by atoms with E-state index >= 15 is 0 Å². The lowest BCUT2D eigenvalue weighted by atomic mass is 10.2. The molecule has 3 heterocycles. The van der Waals surface area contributed by atoms with E-state index in [0.717, 1.165) is 18.8 Å². The third-order valence-electron chi connectivity index (χ3n) is 3.44. The first kappa shape index (κ1) is 10.8. The second-order valence-corrected chi connectivity index (χ2v) is 4.82. The lowest BCUT2D eigenvalue weighted by molar-refractivity contribution is 0.322. The van der Waals surface area contributed by atoms with Gasteiger partial charge >= 0.3 is 0 Å². The number of rotatable bonds is 2. The molecule has 2 bridgehead atoms. The summed E-state index contributed by atoms with van der Waals surface area (Å²) in [6, 6.07) is 3.04. The number of nitrogens with zero attached hydrogens (tertiary/aromatic N) is 3. The van der Waals surface area contributed by atoms with Crippen LogP contribution in [-0.4, -0.2) is 41.6 Å². The average molecular weight is 253 g/mol. The number of fused-ring (bicyclic) bond motifs is 2. The van der Waals surface area contributed by atoms with E-state index < -0.39 is 0 Å². The standard InChI is InChI=1S/C11H13ClN4O/c12-11-7(3-15-17)1-9(5-14-11)16-6-8-2-10(16)4-13-8/h1,3,5,8,10,13,17H,2,4,6H2/t8-,10-/m0/s1. The van der Waals surface area contributed by atoms with Gasteiger partial charge in [-0.05, 0) is 12.5 Å². The molecule has 90 valence electrons. The van der Waals surface area contributed by atoms with Crippen LogP contribution in [0.25, 0.3) is 0 Å². The highest BCUT2D eigenvalue weighted by Gasteiger charge is 2.37. The zero-order chi connectivity index (χ0) is 11.8. The summed E-state index contributed by atoms with van der Waals surface area (Å²) in [7, 11) is 0. The second-order valence-electron chi connectivity index (χ2n) is 4.47. The highest BCUT2D eigenvalue weighted by Crippen LogP contribution is 2.30. The van der Waals surface area contributed by atoms with Crippen molar-refractivity contribution in [2.75, 3.05) is 18.0 Å². The van der Waals surface area contributed by atoms with Crippen molar-refractivity contribution in [1.29, 1.82) is 0 Å². The monoisotopic (exact) mass is 252 g/mol. The van der Waals surface area contributed by atoms with Crippen molar-refractivity contribution in [2.45, 2.75) is 18.5 Å². The van der Waals surface area contributed by atoms with E-state index in [1.165, 1.54) is 12.6 Å². The maximum absolute atomic E-state index is 8.57. The molecule has 0 aliphatic carbocycles. The van der Waals surface area contributed by atoms with Crippen molar-refractivity contribution in [1.82, 2.24) is 10.3 Å². The fourth-order valence-corrected chi connectivity index (χ4v) is 2.79. The molecule has 5 nitrogen and oxygen atoms in total. The molecule has 0 spiro atoms. The van der Waals surface area contributed by atoms with Crippen molar-refractivity contribution in [3.8, 4) is 0 Å². The van der Waals surface area contributed by atoms with Gasteiger partial charge in [-0.1, -0.05) is 16.8 Å². The van der Waals surface area contributed by atoms with Crippen molar-refractivity contribution >= 4 is 23.5 Å². The number of aromatic nitrogens is 1. The number of hydrogen-bond acceptors (Lipinski definition) is 5. The molecular weight excluding hydrogens is 240 g/mol. The Morgan fingerprint density at radius 3 is 3.18 bits per heavy atom. The number of halogens is 1. The Kier molecular flexibility index (Phi) is 2.64. The van der Waals surface area contributed by atoms with E-state index in [2.05, 4.69) is 20.4 Å². The molecule has 2 fully saturated rings. The molecule has 6 heteroatoms. The van der Waals surface area contributed by atoms with Crippen molar-refractivity contribution in [3.05, 3.63) is 23.0 Å². The Morgan fingerprint density at radius 2 is 2.53 bits per heavy atom. The first-order chi connectivity index (χ1) is 8.28. The molecule has 1 aromatic rings. The number of pyridine rings is 1. The van der Waals surface area contributed by atoms with Gasteiger partial charge < -0.3 is 15.4 Å². The highest BCUT2D eigenvalue weighted by molar-refractivity contribution is 6.31. The van der Waals surface area contributed by atoms with E-state index in [9.17, 15) is 0 Å². The largest absolute Gasteiger partial charge is 0.411 e. The van der Waals surface area contributed by atoms with Crippen LogP contribution in [0.1, 0.15) is 12.0 Å². The van der Waals surface area contributed by atoms with Gasteiger partial charge in [-0.15, -0.1) is 0 Å². The molecular formula is C11H13ClN4O. The van der Waals surface area contributed by atoms with E-state index in [-0.39, 0.29) is 0 Å². The predicted molar refractivity (Wildman–Crippen MR) is 66.2 cm³/mol. The van der Waals surface area contributed by atoms with Crippen LogP contribution in [0.5, 0.6) is 0 Å². The third kappa shape index (κ3) is 1.85. The van der Waals surface area contributed by atoms with Gasteiger partial charge in [-0.2, -0.15) is 0 Å². The van der Waals surface area contributed by atoms with E-state index in [1.807, 2.05) is 6.07 Å². The summed E-state index contributed by atoms with van der Waals surface area (Å²) in [5.41, 5.74) is 1.68. The van der Waals surface area contributed by atoms with Crippen molar-refractivity contribution in [3.63, 3.8) is 0 Å². The molecule has 0 aromatic carbocycles. The summed E-state index contributed by atoms with van der Waals surface area (Å²) in [5, 5.41) is 15.4. The Balaban J connectivity index is 1.91. The van der Waals surface area contributed by atoms with Gasteiger partial charge in [0, 0.05) is 30.7 Å². The maximum atomic E-state index is 8.57. The van der Waals surface area contributed by atoms with E-state index in [1.54, 1.807) is 6.20 Å². The zero-order valence-corrected chi connectivity index (χ0v) is 9.93. The van der Waals surface area contributed by atoms with Crippen LogP contribution < -0.4 is 10.2 Å². The van der Waals surface area contributed by atoms with Gasteiger partial charge in [0.25, 0.3) is 0 Å². The first-order valence-corrected chi connectivity index (χ1v) is 5.98. The third-order valence-corrected chi connectivity index (χ3v) is 3.75. The number of oxime groups is 1. The first-order valence-electron chi connectivity index (χ1n) is 5.61. The molecule has 2 N–H and O–H groups in total. The predicted octanol–water partition coefficient (Wildman–Crippen LogP) is 1.09. The number of hydrogen-bond donors (Lipinski definition) is 2. The summed E-state index contributed by atoms with van der Waals surface area (Å²) in [4.78, 5) is 6.46. The van der Waals surface area contributed by atoms with Gasteiger partial charge in [0.1, 0.15) is 5.15 Å². The lowest BCUT2D eigenvalue weighted by Crippen LogP contribution is -2.43. The minimum Gasteiger partial charge on any atom is -0.411 e. The van der Waals surface area contributed by atoms with E-state index in [0.29, 0.717) is 22.8 Å².